The lowest BCUT2D eigenvalue weighted by Crippen LogP contribution is -2.21. The van der Waals surface area contributed by atoms with Crippen LogP contribution < -0.4 is 5.32 Å². The van der Waals surface area contributed by atoms with E-state index in [1.165, 1.54) is 0 Å². The van der Waals surface area contributed by atoms with Crippen molar-refractivity contribution in [1.29, 1.82) is 0 Å². The average Bonchev–Trinajstić information content (AvgIpc) is 1.65. The van der Waals surface area contributed by atoms with Crippen LogP contribution in [0.4, 0.5) is 0 Å². The monoisotopic (exact) mass is 152 g/mol. The smallest absolute Gasteiger partial charge is 0.136 e. The number of carbonyl (C=O) groups excluding carboxylic acids is 1. The van der Waals surface area contributed by atoms with Crippen LogP contribution in [0.3, 0.4) is 0 Å². The molecule has 0 fully saturated rings. The Bertz CT molecular complexity index is 76.5. The van der Waals surface area contributed by atoms with Gasteiger partial charge in [0.2, 0.25) is 0 Å². The average molecular weight is 152 g/mol. The molecule has 0 spiro atoms. The summed E-state index contributed by atoms with van der Waals surface area (Å²) < 4.78 is 6.48. The lowest BCUT2D eigenvalue weighted by molar-refractivity contribution is -0.109. The third-order valence-electron chi connectivity index (χ3n) is 0.610. The fourth-order valence-electron chi connectivity index (χ4n) is 0.0589. The lowest BCUT2D eigenvalue weighted by atomic mass is 10.4. The first-order chi connectivity index (χ1) is 3.18. The minimum absolute atomic E-state index is 0. The zero-order valence-corrected chi connectivity index (χ0v) is 3.99. The molecule has 0 aliphatic carbocycles. The molecule has 0 saturated heterocycles. The Morgan fingerprint density at radius 1 is 1.40 bits per heavy atom. The van der Waals surface area contributed by atoms with Crippen molar-refractivity contribution in [2.24, 2.45) is 0 Å². The highest BCUT2D eigenvalue weighted by Gasteiger charge is 1.86. The van der Waals surface area contributed by atoms with E-state index in [0.29, 0.717) is 0 Å². The number of hydrogen-bond acceptors (Lipinski definition) is 2. The molecule has 0 rings (SSSR count). The summed E-state index contributed by atoms with van der Waals surface area (Å²) in [5.41, 5.74) is 0. The van der Waals surface area contributed by atoms with Crippen molar-refractivity contribution < 1.29 is 6.17 Å². The Labute approximate surface area is 68.4 Å². The number of carbonyl (C=O) groups is 1. The zero-order valence-electron chi connectivity index (χ0n) is 4.99. The van der Waals surface area contributed by atoms with E-state index in [4.69, 9.17) is 1.37 Å². The van der Waals surface area contributed by atoms with Gasteiger partial charge in [0.1, 0.15) is 7.63 Å². The lowest BCUT2D eigenvalue weighted by Gasteiger charge is -1.94. The summed E-state index contributed by atoms with van der Waals surface area (Å²) in [5, 5.41) is 2.63. The molecule has 0 bridgehead atoms. The van der Waals surface area contributed by atoms with Gasteiger partial charge < -0.3 is 10.1 Å². The first-order valence-electron chi connectivity index (χ1n) is 2.36. The van der Waals surface area contributed by atoms with Crippen molar-refractivity contribution in [3.05, 3.63) is 0 Å². The summed E-state index contributed by atoms with van der Waals surface area (Å²) in [6.07, 6.45) is -0.567. The number of hydrogen-bond donors (Lipinski definition) is 1. The van der Waals surface area contributed by atoms with E-state index in [2.05, 4.69) is 5.32 Å². The van der Waals surface area contributed by atoms with Crippen LogP contribution in [0, 0.1) is 0 Å². The highest BCUT2D eigenvalue weighted by molar-refractivity contribution is 5.56. The van der Waals surface area contributed by atoms with Gasteiger partial charge in [-0.25, -0.2) is 0 Å². The molecule has 0 heterocycles. The second kappa shape index (κ2) is 23.4. The van der Waals surface area contributed by atoms with Crippen LogP contribution in [0.1, 0.15) is 38.0 Å². The van der Waals surface area contributed by atoms with Gasteiger partial charge in [-0.3, -0.25) is 0 Å². The largest absolute Gasteiger partial charge is 0.311 e. The minimum Gasteiger partial charge on any atom is -0.311 e. The van der Waals surface area contributed by atoms with Gasteiger partial charge in [-0.15, -0.1) is 0 Å². The van der Waals surface area contributed by atoms with Crippen LogP contribution in [0.15, 0.2) is 0 Å². The van der Waals surface area contributed by atoms with Crippen LogP contribution in [0.25, 0.3) is 0 Å². The minimum atomic E-state index is -0.567. The van der Waals surface area contributed by atoms with Gasteiger partial charge in [0, 0.05) is 0 Å². The Morgan fingerprint density at radius 2 is 1.70 bits per heavy atom. The van der Waals surface area contributed by atoms with E-state index < -0.39 is 6.26 Å². The van der Waals surface area contributed by atoms with E-state index >= 15 is 0 Å². The summed E-state index contributed by atoms with van der Waals surface area (Å²) in [6, 6.07) is -0.319. The second-order valence-electron chi connectivity index (χ2n) is 1.13. The summed E-state index contributed by atoms with van der Waals surface area (Å²) in [6.45, 7) is 1.65. The van der Waals surface area contributed by atoms with Crippen molar-refractivity contribution in [2.75, 3.05) is 7.05 Å². The molecular formula is C8H25NO. The van der Waals surface area contributed by atoms with E-state index in [9.17, 15) is 4.79 Å². The summed E-state index contributed by atoms with van der Waals surface area (Å²) >= 11 is 0. The Morgan fingerprint density at radius 3 is 1.70 bits per heavy atom. The molecule has 0 saturated carbocycles. The maximum absolute atomic E-state index is 9.98. The molecule has 0 radical (unpaired) electrons. The van der Waals surface area contributed by atoms with Crippen LogP contribution in [-0.2, 0) is 4.79 Å². The molecule has 0 aliphatic heterocycles. The fraction of sp³-hybridized carbons (Fsp3) is 0.875. The van der Waals surface area contributed by atoms with Gasteiger partial charge >= 0.3 is 0 Å². The molecule has 0 aromatic carbocycles. The maximum atomic E-state index is 9.98. The normalized spacial score (nSPS) is 9.60. The van der Waals surface area contributed by atoms with Crippen LogP contribution >= 0.6 is 0 Å². The summed E-state index contributed by atoms with van der Waals surface area (Å²) in [4.78, 5) is 9.98. The molecule has 68 valence electrons. The van der Waals surface area contributed by atoms with Gasteiger partial charge in [0.25, 0.3) is 0 Å². The summed E-state index contributed by atoms with van der Waals surface area (Å²) in [7, 11) is 1.65. The molecule has 2 heteroatoms. The Kier molecular flexibility index (Phi) is 53.0. The Hall–Kier alpha value is -0.370. The number of rotatable bonds is 2. The third-order valence-corrected chi connectivity index (χ3v) is 0.610. The first-order valence-corrected chi connectivity index (χ1v) is 1.86. The van der Waals surface area contributed by atoms with E-state index in [1.54, 1.807) is 14.0 Å². The molecule has 1 N–H and O–H groups in total. The van der Waals surface area contributed by atoms with Crippen molar-refractivity contribution in [3.8, 4) is 0 Å². The van der Waals surface area contributed by atoms with Gasteiger partial charge in [-0.05, 0) is 14.0 Å². The molecule has 0 aromatic heterocycles. The third kappa shape index (κ3) is 25.5. The molecular weight excluding hydrogens is 126 g/mol. The molecule has 2 nitrogen and oxygen atoms in total. The van der Waals surface area contributed by atoms with Crippen LogP contribution in [0.2, 0.25) is 0 Å². The summed E-state index contributed by atoms with van der Waals surface area (Å²) in [5.74, 6) is 0. The van der Waals surface area contributed by atoms with Gasteiger partial charge in [-0.2, -0.15) is 0 Å². The van der Waals surface area contributed by atoms with E-state index in [1.807, 2.05) is 0 Å². The standard InChI is InChI=1S/C4H9NO.4CH4/c1-4(3-6)5-2;;;;/h3-5H,1-2H3;4*1H4/i3D;;;;. The molecule has 1 unspecified atom stereocenters. The molecule has 10 heavy (non-hydrogen) atoms. The van der Waals surface area contributed by atoms with Crippen molar-refractivity contribution in [1.82, 2.24) is 5.32 Å². The number of nitrogens with one attached hydrogen (secondary N) is 1. The fourth-order valence-corrected chi connectivity index (χ4v) is 0.0589. The number of likely N-dealkylation sites (N-methyl/N-ethyl adjacent to an activating group) is 1. The molecule has 0 aliphatic rings. The van der Waals surface area contributed by atoms with Crippen LogP contribution in [-0.4, -0.2) is 19.4 Å². The molecule has 1 atom stereocenters. The van der Waals surface area contributed by atoms with Crippen molar-refractivity contribution >= 4 is 6.26 Å². The zero-order chi connectivity index (χ0) is 5.86. The van der Waals surface area contributed by atoms with Gasteiger partial charge in [-0.1, -0.05) is 29.7 Å². The van der Waals surface area contributed by atoms with Gasteiger partial charge in [0.05, 0.1) is 6.04 Å². The SMILES string of the molecule is C.C.C.C.[2H]C(=O)C(C)NC. The Balaban J connectivity index is -0.0000000300. The number of aldehydes is 1. The van der Waals surface area contributed by atoms with Crippen LogP contribution in [0.5, 0.6) is 0 Å². The quantitative estimate of drug-likeness (QED) is 0.615. The molecule has 0 amide bonds. The maximum Gasteiger partial charge on any atom is 0.136 e. The molecule has 0 aromatic rings. The predicted molar refractivity (Wildman–Crippen MR) is 51.5 cm³/mol. The van der Waals surface area contributed by atoms with E-state index in [0.717, 1.165) is 0 Å². The second-order valence-corrected chi connectivity index (χ2v) is 1.13. The highest BCUT2D eigenvalue weighted by atomic mass is 16.1. The topological polar surface area (TPSA) is 29.1 Å². The van der Waals surface area contributed by atoms with E-state index in [-0.39, 0.29) is 35.7 Å². The first kappa shape index (κ1) is 22.6. The predicted octanol–water partition coefficient (Wildman–Crippen LogP) is 2.34. The van der Waals surface area contributed by atoms with Gasteiger partial charge in [0.15, 0.2) is 0 Å². The van der Waals surface area contributed by atoms with Crippen molar-refractivity contribution in [3.63, 3.8) is 0 Å². The van der Waals surface area contributed by atoms with Crippen molar-refractivity contribution in [2.45, 2.75) is 42.7 Å². The highest BCUT2D eigenvalue weighted by Crippen LogP contribution is 1.64.